The average Bonchev–Trinajstić information content (AvgIpc) is 2.35. The summed E-state index contributed by atoms with van der Waals surface area (Å²) in [7, 11) is 0. The summed E-state index contributed by atoms with van der Waals surface area (Å²) in [4.78, 5) is 2.74. The molecule has 0 aromatic rings. The van der Waals surface area contributed by atoms with Crippen LogP contribution in [0.1, 0.15) is 46.0 Å². The zero-order valence-corrected chi connectivity index (χ0v) is 12.3. The van der Waals surface area contributed by atoms with E-state index in [-0.39, 0.29) is 0 Å². The quantitative estimate of drug-likeness (QED) is 0.832. The molecule has 0 aliphatic carbocycles. The third-order valence-corrected chi connectivity index (χ3v) is 5.51. The fourth-order valence-electron chi connectivity index (χ4n) is 3.00. The van der Waals surface area contributed by atoms with E-state index < -0.39 is 0 Å². The molecule has 3 atom stereocenters. The van der Waals surface area contributed by atoms with Gasteiger partial charge in [0.1, 0.15) is 0 Å². The molecule has 2 nitrogen and oxygen atoms in total. The molecule has 0 amide bonds. The molecule has 0 saturated carbocycles. The summed E-state index contributed by atoms with van der Waals surface area (Å²) >= 11 is 2.21. The van der Waals surface area contributed by atoms with Crippen LogP contribution in [0, 0.1) is 0 Å². The van der Waals surface area contributed by atoms with Crippen LogP contribution in [0.5, 0.6) is 0 Å². The van der Waals surface area contributed by atoms with Gasteiger partial charge in [-0.1, -0.05) is 19.8 Å². The van der Waals surface area contributed by atoms with Crippen LogP contribution in [-0.2, 0) is 0 Å². The van der Waals surface area contributed by atoms with Gasteiger partial charge in [-0.2, -0.15) is 11.8 Å². The van der Waals surface area contributed by atoms with Crippen LogP contribution in [0.3, 0.4) is 0 Å². The molecule has 0 aromatic heterocycles. The Morgan fingerprint density at radius 3 is 2.94 bits per heavy atom. The van der Waals surface area contributed by atoms with Crippen LogP contribution < -0.4 is 5.32 Å². The minimum Gasteiger partial charge on any atom is -0.311 e. The minimum atomic E-state index is 0.727. The van der Waals surface area contributed by atoms with Gasteiger partial charge in [0.05, 0.1) is 0 Å². The topological polar surface area (TPSA) is 15.3 Å². The van der Waals surface area contributed by atoms with Gasteiger partial charge in [0.25, 0.3) is 0 Å². The van der Waals surface area contributed by atoms with Crippen LogP contribution in [0.2, 0.25) is 0 Å². The van der Waals surface area contributed by atoms with Crippen molar-refractivity contribution >= 4 is 11.8 Å². The highest BCUT2D eigenvalue weighted by atomic mass is 32.2. The fourth-order valence-corrected chi connectivity index (χ4v) is 4.34. The van der Waals surface area contributed by atoms with Gasteiger partial charge >= 0.3 is 0 Å². The molecular formula is C14H28N2S. The summed E-state index contributed by atoms with van der Waals surface area (Å²) in [5.74, 6) is 1.39. The number of nitrogens with zero attached hydrogens (tertiary/aromatic N) is 1. The summed E-state index contributed by atoms with van der Waals surface area (Å²) in [5, 5.41) is 4.60. The van der Waals surface area contributed by atoms with Gasteiger partial charge in [-0.05, 0) is 31.9 Å². The normalized spacial score (nSPS) is 36.0. The Kier molecular flexibility index (Phi) is 5.64. The average molecular weight is 256 g/mol. The van der Waals surface area contributed by atoms with Crippen molar-refractivity contribution in [1.29, 1.82) is 0 Å². The lowest BCUT2D eigenvalue weighted by atomic mass is 10.0. The van der Waals surface area contributed by atoms with Gasteiger partial charge in [-0.25, -0.2) is 0 Å². The minimum absolute atomic E-state index is 0.727. The molecule has 3 unspecified atom stereocenters. The Morgan fingerprint density at radius 2 is 2.24 bits per heavy atom. The molecule has 2 rings (SSSR count). The van der Waals surface area contributed by atoms with Crippen LogP contribution in [0.4, 0.5) is 0 Å². The molecule has 17 heavy (non-hydrogen) atoms. The number of piperazine rings is 1. The number of hydrogen-bond acceptors (Lipinski definition) is 3. The van der Waals surface area contributed by atoms with Gasteiger partial charge in [0.2, 0.25) is 0 Å². The first-order chi connectivity index (χ1) is 8.29. The van der Waals surface area contributed by atoms with Crippen LogP contribution in [0.25, 0.3) is 0 Å². The third kappa shape index (κ3) is 4.15. The van der Waals surface area contributed by atoms with Gasteiger partial charge in [0, 0.05) is 37.0 Å². The van der Waals surface area contributed by atoms with E-state index in [1.165, 1.54) is 57.5 Å². The maximum absolute atomic E-state index is 3.69. The summed E-state index contributed by atoms with van der Waals surface area (Å²) in [5.41, 5.74) is 0. The monoisotopic (exact) mass is 256 g/mol. The molecule has 3 heteroatoms. The second kappa shape index (κ2) is 7.01. The van der Waals surface area contributed by atoms with E-state index in [9.17, 15) is 0 Å². The Labute approximate surface area is 111 Å². The maximum atomic E-state index is 3.69. The van der Waals surface area contributed by atoms with Crippen LogP contribution in [0.15, 0.2) is 0 Å². The summed E-state index contributed by atoms with van der Waals surface area (Å²) in [6.45, 7) is 8.45. The summed E-state index contributed by atoms with van der Waals surface area (Å²) < 4.78 is 0. The molecule has 2 aliphatic rings. The maximum Gasteiger partial charge on any atom is 0.0195 e. The molecule has 2 fully saturated rings. The first-order valence-electron chi connectivity index (χ1n) is 7.38. The van der Waals surface area contributed by atoms with E-state index in [0.29, 0.717) is 0 Å². The van der Waals surface area contributed by atoms with Crippen molar-refractivity contribution in [2.75, 3.05) is 25.4 Å². The van der Waals surface area contributed by atoms with E-state index in [1.54, 1.807) is 0 Å². The Bertz CT molecular complexity index is 216. The lowest BCUT2D eigenvalue weighted by Crippen LogP contribution is -2.56. The summed E-state index contributed by atoms with van der Waals surface area (Å²) in [6, 6.07) is 1.47. The van der Waals surface area contributed by atoms with Crippen molar-refractivity contribution in [2.24, 2.45) is 0 Å². The van der Waals surface area contributed by atoms with Crippen molar-refractivity contribution in [1.82, 2.24) is 10.2 Å². The smallest absolute Gasteiger partial charge is 0.0195 e. The van der Waals surface area contributed by atoms with Crippen molar-refractivity contribution in [3.63, 3.8) is 0 Å². The van der Waals surface area contributed by atoms with E-state index in [0.717, 1.165) is 17.3 Å². The van der Waals surface area contributed by atoms with Crippen molar-refractivity contribution in [3.05, 3.63) is 0 Å². The largest absolute Gasteiger partial charge is 0.311 e. The zero-order valence-electron chi connectivity index (χ0n) is 11.5. The fraction of sp³-hybridized carbons (Fsp3) is 1.00. The molecule has 2 saturated heterocycles. The van der Waals surface area contributed by atoms with Gasteiger partial charge < -0.3 is 5.32 Å². The van der Waals surface area contributed by atoms with Gasteiger partial charge in [-0.3, -0.25) is 4.90 Å². The highest BCUT2D eigenvalue weighted by molar-refractivity contribution is 7.99. The van der Waals surface area contributed by atoms with Crippen molar-refractivity contribution in [2.45, 2.75) is 63.3 Å². The lowest BCUT2D eigenvalue weighted by Gasteiger charge is -2.41. The molecule has 0 bridgehead atoms. The SMILES string of the molecule is CCCC1CN(CC2CCCCS2)C(C)CN1. The van der Waals surface area contributed by atoms with E-state index in [1.807, 2.05) is 0 Å². The molecule has 2 heterocycles. The van der Waals surface area contributed by atoms with Crippen molar-refractivity contribution in [3.8, 4) is 0 Å². The molecular weight excluding hydrogens is 228 g/mol. The number of nitrogens with one attached hydrogen (secondary N) is 1. The predicted octanol–water partition coefficient (Wildman–Crippen LogP) is 2.73. The second-order valence-corrected chi connectivity index (χ2v) is 7.09. The van der Waals surface area contributed by atoms with Gasteiger partial charge in [-0.15, -0.1) is 0 Å². The number of thioether (sulfide) groups is 1. The molecule has 1 N–H and O–H groups in total. The first-order valence-corrected chi connectivity index (χ1v) is 8.43. The van der Waals surface area contributed by atoms with E-state index in [2.05, 4.69) is 35.8 Å². The Morgan fingerprint density at radius 1 is 1.35 bits per heavy atom. The number of hydrogen-bond donors (Lipinski definition) is 1. The Balaban J connectivity index is 1.80. The molecule has 100 valence electrons. The van der Waals surface area contributed by atoms with E-state index in [4.69, 9.17) is 0 Å². The highest BCUT2D eigenvalue weighted by Crippen LogP contribution is 2.26. The second-order valence-electron chi connectivity index (χ2n) is 5.69. The molecule has 0 spiro atoms. The van der Waals surface area contributed by atoms with E-state index >= 15 is 0 Å². The highest BCUT2D eigenvalue weighted by Gasteiger charge is 2.27. The zero-order chi connectivity index (χ0) is 12.1. The van der Waals surface area contributed by atoms with Crippen molar-refractivity contribution < 1.29 is 0 Å². The van der Waals surface area contributed by atoms with Crippen LogP contribution in [-0.4, -0.2) is 47.6 Å². The number of rotatable bonds is 4. The van der Waals surface area contributed by atoms with Crippen LogP contribution >= 0.6 is 11.8 Å². The summed E-state index contributed by atoms with van der Waals surface area (Å²) in [6.07, 6.45) is 6.98. The van der Waals surface area contributed by atoms with Gasteiger partial charge in [0.15, 0.2) is 0 Å². The lowest BCUT2D eigenvalue weighted by molar-refractivity contribution is 0.136. The molecule has 0 radical (unpaired) electrons. The Hall–Kier alpha value is 0.270. The predicted molar refractivity (Wildman–Crippen MR) is 77.8 cm³/mol. The first kappa shape index (κ1) is 13.7. The third-order valence-electron chi connectivity index (χ3n) is 4.13. The molecule has 2 aliphatic heterocycles. The molecule has 0 aromatic carbocycles. The standard InChI is InChI=1S/C14H28N2S/c1-3-6-13-10-16(12(2)9-15-13)11-14-7-4-5-8-17-14/h12-15H,3-11H2,1-2H3.